The third kappa shape index (κ3) is 5.32. The number of benzene rings is 2. The van der Waals surface area contributed by atoms with Crippen LogP contribution in [0.5, 0.6) is 11.5 Å². The van der Waals surface area contributed by atoms with E-state index in [1.54, 1.807) is 39.4 Å². The second-order valence-corrected chi connectivity index (χ2v) is 7.26. The molecule has 1 aromatic heterocycles. The van der Waals surface area contributed by atoms with Gasteiger partial charge in [0.05, 0.1) is 20.8 Å². The molecule has 0 aliphatic carbocycles. The molecule has 7 heteroatoms. The first-order valence-corrected chi connectivity index (χ1v) is 10.5. The Bertz CT molecular complexity index is 1090. The van der Waals surface area contributed by atoms with E-state index in [-0.39, 0.29) is 12.5 Å². The lowest BCUT2D eigenvalue weighted by Crippen LogP contribution is -2.12. The van der Waals surface area contributed by atoms with Crippen molar-refractivity contribution < 1.29 is 23.8 Å². The fourth-order valence-electron chi connectivity index (χ4n) is 2.97. The average molecular weight is 438 g/mol. The van der Waals surface area contributed by atoms with Crippen molar-refractivity contribution in [3.63, 3.8) is 0 Å². The van der Waals surface area contributed by atoms with Crippen LogP contribution in [0.25, 0.3) is 17.2 Å². The minimum Gasteiger partial charge on any atom is -0.493 e. The number of hydrogen-bond acceptors (Lipinski definition) is 6. The molecular weight excluding hydrogens is 414 g/mol. The summed E-state index contributed by atoms with van der Waals surface area (Å²) in [7, 11) is 3.11. The zero-order chi connectivity index (χ0) is 22.2. The van der Waals surface area contributed by atoms with Crippen LogP contribution in [-0.4, -0.2) is 32.7 Å². The molecule has 0 aliphatic rings. The number of amides is 1. The number of ether oxygens (including phenoxy) is 3. The van der Waals surface area contributed by atoms with E-state index in [9.17, 15) is 9.59 Å². The first kappa shape index (κ1) is 22.1. The maximum Gasteiger partial charge on any atom is 0.341 e. The van der Waals surface area contributed by atoms with Crippen LogP contribution >= 0.6 is 11.3 Å². The molecule has 160 valence electrons. The third-order valence-electron chi connectivity index (χ3n) is 4.43. The van der Waals surface area contributed by atoms with Gasteiger partial charge in [-0.3, -0.25) is 4.79 Å². The lowest BCUT2D eigenvalue weighted by Gasteiger charge is -2.08. The molecule has 1 amide bonds. The van der Waals surface area contributed by atoms with Crippen LogP contribution in [0, 0.1) is 0 Å². The summed E-state index contributed by atoms with van der Waals surface area (Å²) in [6.45, 7) is 1.99. The van der Waals surface area contributed by atoms with Crippen molar-refractivity contribution in [3.05, 3.63) is 71.1 Å². The molecule has 0 bridgehead atoms. The first-order valence-electron chi connectivity index (χ1n) is 9.62. The van der Waals surface area contributed by atoms with Gasteiger partial charge in [0.15, 0.2) is 11.5 Å². The summed E-state index contributed by atoms with van der Waals surface area (Å²) in [5.74, 6) is 0.346. The van der Waals surface area contributed by atoms with Crippen LogP contribution in [0.3, 0.4) is 0 Å². The molecule has 0 spiro atoms. The normalized spacial score (nSPS) is 10.7. The van der Waals surface area contributed by atoms with Crippen molar-refractivity contribution in [1.82, 2.24) is 0 Å². The van der Waals surface area contributed by atoms with Gasteiger partial charge in [-0.1, -0.05) is 36.4 Å². The van der Waals surface area contributed by atoms with Gasteiger partial charge in [0.1, 0.15) is 10.6 Å². The third-order valence-corrected chi connectivity index (χ3v) is 5.32. The number of thiophene rings is 1. The van der Waals surface area contributed by atoms with Crippen molar-refractivity contribution in [2.24, 2.45) is 0 Å². The van der Waals surface area contributed by atoms with Crippen LogP contribution in [-0.2, 0) is 9.53 Å². The summed E-state index contributed by atoms with van der Waals surface area (Å²) in [6.07, 6.45) is 3.06. The van der Waals surface area contributed by atoms with Gasteiger partial charge >= 0.3 is 5.97 Å². The molecule has 31 heavy (non-hydrogen) atoms. The van der Waals surface area contributed by atoms with Gasteiger partial charge < -0.3 is 19.5 Å². The molecule has 2 aromatic carbocycles. The molecule has 0 fully saturated rings. The maximum atomic E-state index is 12.6. The minimum atomic E-state index is -0.471. The summed E-state index contributed by atoms with van der Waals surface area (Å²) in [4.78, 5) is 25.1. The van der Waals surface area contributed by atoms with Crippen LogP contribution in [0.1, 0.15) is 22.8 Å². The van der Waals surface area contributed by atoms with E-state index in [0.29, 0.717) is 22.1 Å². The highest BCUT2D eigenvalue weighted by atomic mass is 32.1. The van der Waals surface area contributed by atoms with E-state index >= 15 is 0 Å². The van der Waals surface area contributed by atoms with Gasteiger partial charge in [-0.25, -0.2) is 4.79 Å². The van der Waals surface area contributed by atoms with Gasteiger partial charge in [0.2, 0.25) is 5.91 Å². The van der Waals surface area contributed by atoms with E-state index in [1.807, 2.05) is 41.8 Å². The van der Waals surface area contributed by atoms with Crippen molar-refractivity contribution in [3.8, 4) is 22.6 Å². The van der Waals surface area contributed by atoms with Crippen LogP contribution in [0.2, 0.25) is 0 Å². The number of nitrogens with one attached hydrogen (secondary N) is 1. The molecule has 0 saturated heterocycles. The summed E-state index contributed by atoms with van der Waals surface area (Å²) in [5, 5.41) is 5.08. The van der Waals surface area contributed by atoms with E-state index in [1.165, 1.54) is 17.4 Å². The number of rotatable bonds is 8. The number of esters is 1. The van der Waals surface area contributed by atoms with Crippen LogP contribution < -0.4 is 14.8 Å². The second-order valence-electron chi connectivity index (χ2n) is 6.38. The monoisotopic (exact) mass is 437 g/mol. The predicted molar refractivity (Wildman–Crippen MR) is 123 cm³/mol. The number of methoxy groups -OCH3 is 2. The van der Waals surface area contributed by atoms with Crippen LogP contribution in [0.15, 0.2) is 60.0 Å². The first-order chi connectivity index (χ1) is 15.1. The Hall–Kier alpha value is -3.58. The fourth-order valence-corrected chi connectivity index (χ4v) is 3.93. The summed E-state index contributed by atoms with van der Waals surface area (Å²) in [6, 6.07) is 14.9. The minimum absolute atomic E-state index is 0.246. The highest BCUT2D eigenvalue weighted by Crippen LogP contribution is 2.36. The standard InChI is InChI=1S/C24H23NO5S/c1-4-30-24(27)22-18(17-8-6-5-7-9-17)15-31-23(22)25-21(26)13-11-16-10-12-19(28-2)20(14-16)29-3/h5-15H,4H2,1-3H3,(H,25,26). The molecule has 3 rings (SSSR count). The zero-order valence-corrected chi connectivity index (χ0v) is 18.3. The zero-order valence-electron chi connectivity index (χ0n) is 17.5. The fraction of sp³-hybridized carbons (Fsp3) is 0.167. The smallest absolute Gasteiger partial charge is 0.341 e. The van der Waals surface area contributed by atoms with E-state index in [0.717, 1.165) is 16.7 Å². The number of hydrogen-bond donors (Lipinski definition) is 1. The number of anilines is 1. The van der Waals surface area contributed by atoms with Gasteiger partial charge in [-0.15, -0.1) is 11.3 Å². The van der Waals surface area contributed by atoms with Gasteiger partial charge in [0.25, 0.3) is 0 Å². The molecule has 0 atom stereocenters. The molecule has 6 nitrogen and oxygen atoms in total. The molecule has 0 unspecified atom stereocenters. The van der Waals surface area contributed by atoms with E-state index in [2.05, 4.69) is 5.32 Å². The maximum absolute atomic E-state index is 12.6. The van der Waals surface area contributed by atoms with Crippen molar-refractivity contribution >= 4 is 34.3 Å². The lowest BCUT2D eigenvalue weighted by molar-refractivity contribution is -0.111. The highest BCUT2D eigenvalue weighted by Gasteiger charge is 2.22. The highest BCUT2D eigenvalue weighted by molar-refractivity contribution is 7.15. The van der Waals surface area contributed by atoms with Gasteiger partial charge in [0, 0.05) is 17.0 Å². The number of carbonyl (C=O) groups is 2. The lowest BCUT2D eigenvalue weighted by atomic mass is 10.0. The Balaban J connectivity index is 1.83. The van der Waals surface area contributed by atoms with Crippen molar-refractivity contribution in [2.75, 3.05) is 26.1 Å². The Morgan fingerprint density at radius 1 is 1.03 bits per heavy atom. The topological polar surface area (TPSA) is 73.9 Å². The molecule has 0 saturated carbocycles. The summed E-state index contributed by atoms with van der Waals surface area (Å²) < 4.78 is 15.7. The van der Waals surface area contributed by atoms with E-state index < -0.39 is 5.97 Å². The van der Waals surface area contributed by atoms with Crippen LogP contribution in [0.4, 0.5) is 5.00 Å². The average Bonchev–Trinajstić information content (AvgIpc) is 3.21. The number of carbonyl (C=O) groups excluding carboxylic acids is 2. The molecule has 3 aromatic rings. The Morgan fingerprint density at radius 2 is 1.77 bits per heavy atom. The predicted octanol–water partition coefficient (Wildman–Crippen LogP) is 5.26. The van der Waals surface area contributed by atoms with Gasteiger partial charge in [-0.05, 0) is 36.3 Å². The Labute approximate surface area is 185 Å². The van der Waals surface area contributed by atoms with E-state index in [4.69, 9.17) is 14.2 Å². The van der Waals surface area contributed by atoms with Gasteiger partial charge in [-0.2, -0.15) is 0 Å². The Morgan fingerprint density at radius 3 is 2.45 bits per heavy atom. The molecule has 0 radical (unpaired) electrons. The summed E-state index contributed by atoms with van der Waals surface area (Å²) in [5.41, 5.74) is 2.73. The molecule has 1 N–H and O–H groups in total. The second kappa shape index (κ2) is 10.4. The molecular formula is C24H23NO5S. The molecule has 0 aliphatic heterocycles. The Kier molecular flexibility index (Phi) is 7.45. The largest absolute Gasteiger partial charge is 0.493 e. The van der Waals surface area contributed by atoms with Crippen molar-refractivity contribution in [2.45, 2.75) is 6.92 Å². The van der Waals surface area contributed by atoms with Crippen molar-refractivity contribution in [1.29, 1.82) is 0 Å². The quantitative estimate of drug-likeness (QED) is 0.384. The SMILES string of the molecule is CCOC(=O)c1c(-c2ccccc2)csc1NC(=O)C=Cc1ccc(OC)c(OC)c1. The molecule has 1 heterocycles. The summed E-state index contributed by atoms with van der Waals surface area (Å²) >= 11 is 1.28.